The topological polar surface area (TPSA) is 86.1 Å². The van der Waals surface area contributed by atoms with Gasteiger partial charge in [-0.25, -0.2) is 4.79 Å². The molecule has 1 amide bonds. The fourth-order valence-corrected chi connectivity index (χ4v) is 6.97. The van der Waals surface area contributed by atoms with E-state index in [9.17, 15) is 9.59 Å². The van der Waals surface area contributed by atoms with Crippen molar-refractivity contribution in [2.24, 2.45) is 0 Å². The third kappa shape index (κ3) is 5.23. The maximum Gasteiger partial charge on any atom is 0.341 e. The van der Waals surface area contributed by atoms with Gasteiger partial charge in [0.1, 0.15) is 5.00 Å². The van der Waals surface area contributed by atoms with Gasteiger partial charge in [0.15, 0.2) is 11.0 Å². The molecule has 0 bridgehead atoms. The molecule has 4 rings (SSSR count). The number of carbonyl (C=O) groups is 2. The Morgan fingerprint density at radius 3 is 2.79 bits per heavy atom. The lowest BCUT2D eigenvalue weighted by molar-refractivity contribution is -0.113. The van der Waals surface area contributed by atoms with Gasteiger partial charge in [0, 0.05) is 27.2 Å². The predicted octanol–water partition coefficient (Wildman–Crippen LogP) is 6.00. The minimum atomic E-state index is -0.353. The fourth-order valence-electron chi connectivity index (χ4n) is 4.01. The van der Waals surface area contributed by atoms with Gasteiger partial charge in [-0.2, -0.15) is 0 Å². The van der Waals surface area contributed by atoms with Crippen LogP contribution in [0, 0.1) is 0 Å². The number of aryl methyl sites for hydroxylation is 1. The van der Waals surface area contributed by atoms with Crippen LogP contribution in [0.1, 0.15) is 72.1 Å². The quantitative estimate of drug-likeness (QED) is 0.262. The van der Waals surface area contributed by atoms with Crippen LogP contribution < -0.4 is 5.32 Å². The molecule has 0 spiro atoms. The number of nitrogens with one attached hydrogen (secondary N) is 1. The summed E-state index contributed by atoms with van der Waals surface area (Å²) in [5, 5.41) is 15.2. The van der Waals surface area contributed by atoms with E-state index >= 15 is 0 Å². The Balaban J connectivity index is 1.47. The van der Waals surface area contributed by atoms with E-state index in [4.69, 9.17) is 4.74 Å². The van der Waals surface area contributed by atoms with Crippen LogP contribution in [0.25, 0.3) is 11.4 Å². The van der Waals surface area contributed by atoms with Crippen LogP contribution in [0.3, 0.4) is 0 Å². The number of rotatable bonds is 10. The first-order valence-corrected chi connectivity index (χ1v) is 14.4. The minimum absolute atomic E-state index is 0.166. The molecule has 0 aromatic carbocycles. The number of thiophene rings is 2. The van der Waals surface area contributed by atoms with Gasteiger partial charge in [0.05, 0.1) is 17.9 Å². The van der Waals surface area contributed by atoms with Crippen molar-refractivity contribution in [3.8, 4) is 11.4 Å². The number of anilines is 1. The predicted molar refractivity (Wildman–Crippen MR) is 139 cm³/mol. The normalized spacial score (nSPS) is 12.9. The van der Waals surface area contributed by atoms with Gasteiger partial charge in [-0.3, -0.25) is 4.79 Å². The number of hydrogen-bond donors (Lipinski definition) is 1. The number of hydrogen-bond acceptors (Lipinski definition) is 8. The van der Waals surface area contributed by atoms with Crippen LogP contribution in [0.5, 0.6) is 0 Å². The van der Waals surface area contributed by atoms with Gasteiger partial charge >= 0.3 is 5.97 Å². The molecule has 0 saturated heterocycles. The lowest BCUT2D eigenvalue weighted by atomic mass is 10.1. The number of carbonyl (C=O) groups excluding carboxylic acids is 2. The highest BCUT2D eigenvalue weighted by atomic mass is 32.2. The molecular weight excluding hydrogens is 488 g/mol. The molecule has 0 unspecified atom stereocenters. The molecule has 1 aliphatic rings. The summed E-state index contributed by atoms with van der Waals surface area (Å²) in [6.07, 6.45) is 3.78. The largest absolute Gasteiger partial charge is 0.462 e. The highest BCUT2D eigenvalue weighted by Crippen LogP contribution is 2.39. The van der Waals surface area contributed by atoms with Crippen LogP contribution in [-0.4, -0.2) is 39.0 Å². The smallest absolute Gasteiger partial charge is 0.341 e. The molecule has 3 heterocycles. The first kappa shape index (κ1) is 24.9. The summed E-state index contributed by atoms with van der Waals surface area (Å²) in [6.45, 7) is 9.36. The maximum absolute atomic E-state index is 12.8. The summed E-state index contributed by atoms with van der Waals surface area (Å²) in [5.41, 5.74) is 2.64. The molecule has 3 aromatic heterocycles. The second-order valence-corrected chi connectivity index (χ2v) is 11.5. The van der Waals surface area contributed by atoms with Crippen LogP contribution >= 0.6 is 34.4 Å². The first-order valence-electron chi connectivity index (χ1n) is 11.7. The Morgan fingerprint density at radius 2 is 2.09 bits per heavy atom. The molecule has 3 aromatic rings. The summed E-state index contributed by atoms with van der Waals surface area (Å²) >= 11 is 4.60. The van der Waals surface area contributed by atoms with Gasteiger partial charge in [-0.1, -0.05) is 32.5 Å². The number of amides is 1. The van der Waals surface area contributed by atoms with Crippen LogP contribution in [0.15, 0.2) is 16.6 Å². The molecule has 10 heteroatoms. The molecule has 0 radical (unpaired) electrons. The molecule has 1 N–H and O–H groups in total. The molecule has 0 atom stereocenters. The molecule has 0 saturated carbocycles. The summed E-state index contributed by atoms with van der Waals surface area (Å²) < 4.78 is 7.35. The summed E-state index contributed by atoms with van der Waals surface area (Å²) in [4.78, 5) is 27.9. The Bertz CT molecular complexity index is 1180. The molecular formula is C24H30N4O3S3. The monoisotopic (exact) mass is 518 g/mol. The van der Waals surface area contributed by atoms with E-state index in [-0.39, 0.29) is 17.6 Å². The Morgan fingerprint density at radius 1 is 1.26 bits per heavy atom. The van der Waals surface area contributed by atoms with Gasteiger partial charge < -0.3 is 14.6 Å². The average Bonchev–Trinajstić information content (AvgIpc) is 3.56. The zero-order valence-electron chi connectivity index (χ0n) is 20.0. The zero-order chi connectivity index (χ0) is 24.2. The minimum Gasteiger partial charge on any atom is -0.462 e. The lowest BCUT2D eigenvalue weighted by Crippen LogP contribution is -2.17. The SMILES string of the molecule is CCCn1c(SCC(=O)Nc2sc3c(c2C(=O)OCC)CCC3)nnc1-c1csc(C(C)C)c1. The number of ether oxygens (including phenoxy) is 1. The molecule has 0 fully saturated rings. The van der Waals surface area contributed by atoms with Crippen molar-refractivity contribution in [3.05, 3.63) is 32.3 Å². The molecule has 182 valence electrons. The van der Waals surface area contributed by atoms with Crippen molar-refractivity contribution in [1.82, 2.24) is 14.8 Å². The highest BCUT2D eigenvalue weighted by molar-refractivity contribution is 7.99. The van der Waals surface area contributed by atoms with Gasteiger partial charge in [0.2, 0.25) is 5.91 Å². The van der Waals surface area contributed by atoms with E-state index in [1.165, 1.54) is 32.9 Å². The van der Waals surface area contributed by atoms with Gasteiger partial charge in [-0.15, -0.1) is 32.9 Å². The summed E-state index contributed by atoms with van der Waals surface area (Å²) in [5.74, 6) is 0.978. The summed E-state index contributed by atoms with van der Waals surface area (Å²) in [6, 6.07) is 2.18. The average molecular weight is 519 g/mol. The van der Waals surface area contributed by atoms with Gasteiger partial charge in [-0.05, 0) is 50.2 Å². The van der Waals surface area contributed by atoms with E-state index in [1.807, 2.05) is 0 Å². The number of thioether (sulfide) groups is 1. The highest BCUT2D eigenvalue weighted by Gasteiger charge is 2.28. The number of aromatic nitrogens is 3. The van der Waals surface area contributed by atoms with E-state index in [0.29, 0.717) is 23.1 Å². The molecule has 0 aliphatic heterocycles. The van der Waals surface area contributed by atoms with E-state index < -0.39 is 0 Å². The van der Waals surface area contributed by atoms with Crippen LogP contribution in [0.2, 0.25) is 0 Å². The van der Waals surface area contributed by atoms with Crippen molar-refractivity contribution in [2.75, 3.05) is 17.7 Å². The van der Waals surface area contributed by atoms with Crippen molar-refractivity contribution >= 4 is 51.3 Å². The Hall–Kier alpha value is -2.17. The zero-order valence-corrected chi connectivity index (χ0v) is 22.4. The number of nitrogens with zero attached hydrogens (tertiary/aromatic N) is 3. The van der Waals surface area contributed by atoms with Crippen molar-refractivity contribution < 1.29 is 14.3 Å². The van der Waals surface area contributed by atoms with Crippen LogP contribution in [-0.2, 0) is 28.9 Å². The lowest BCUT2D eigenvalue weighted by Gasteiger charge is -2.09. The van der Waals surface area contributed by atoms with Crippen LogP contribution in [0.4, 0.5) is 5.00 Å². The standard InChI is InChI=1S/C24H30N4O3S3/c1-5-10-28-21(15-11-18(14(3)4)32-12-15)26-27-24(28)33-13-19(29)25-22-20(23(30)31-6-2)16-8-7-9-17(16)34-22/h11-12,14H,5-10,13H2,1-4H3,(H,25,29). The third-order valence-electron chi connectivity index (χ3n) is 5.60. The van der Waals surface area contributed by atoms with Crippen molar-refractivity contribution in [3.63, 3.8) is 0 Å². The molecule has 34 heavy (non-hydrogen) atoms. The fraction of sp³-hybridized carbons (Fsp3) is 0.500. The number of esters is 1. The summed E-state index contributed by atoms with van der Waals surface area (Å²) in [7, 11) is 0. The molecule has 1 aliphatic carbocycles. The Kier molecular flexibility index (Phi) is 8.10. The van der Waals surface area contributed by atoms with Crippen molar-refractivity contribution in [2.45, 2.75) is 71.0 Å². The molecule has 7 nitrogen and oxygen atoms in total. The van der Waals surface area contributed by atoms with E-state index in [1.54, 1.807) is 18.3 Å². The van der Waals surface area contributed by atoms with Gasteiger partial charge in [0.25, 0.3) is 0 Å². The Labute approximate surface area is 212 Å². The second kappa shape index (κ2) is 11.0. The number of fused-ring (bicyclic) bond motifs is 1. The van der Waals surface area contributed by atoms with E-state index in [0.717, 1.165) is 54.3 Å². The first-order chi connectivity index (χ1) is 16.4. The van der Waals surface area contributed by atoms with E-state index in [2.05, 4.69) is 52.3 Å². The van der Waals surface area contributed by atoms with Crippen molar-refractivity contribution in [1.29, 1.82) is 0 Å². The second-order valence-electron chi connectivity index (χ2n) is 8.47. The third-order valence-corrected chi connectivity index (χ3v) is 9.00. The maximum atomic E-state index is 12.8.